The molecule has 0 N–H and O–H groups in total. The van der Waals surface area contributed by atoms with Gasteiger partial charge in [-0.1, -0.05) is 200 Å². The summed E-state index contributed by atoms with van der Waals surface area (Å²) in [6.45, 7) is 0. The largest absolute Gasteiger partial charge is 0.309 e. The van der Waals surface area contributed by atoms with E-state index in [0.29, 0.717) is 26.9 Å². The fourth-order valence-corrected chi connectivity index (χ4v) is 14.5. The summed E-state index contributed by atoms with van der Waals surface area (Å²) in [7, 11) is -4.27. The van der Waals surface area contributed by atoms with Crippen LogP contribution in [0.2, 0.25) is 0 Å². The zero-order valence-electron chi connectivity index (χ0n) is 58.9. The molecule has 0 radical (unpaired) electrons. The van der Waals surface area contributed by atoms with Gasteiger partial charge < -0.3 is 9.13 Å². The van der Waals surface area contributed by atoms with Crippen molar-refractivity contribution in [3.63, 3.8) is 0 Å². The van der Waals surface area contributed by atoms with Crippen LogP contribution in [0.3, 0.4) is 0 Å². The molecule has 0 saturated heterocycles. The summed E-state index contributed by atoms with van der Waals surface area (Å²) in [6, 6.07) is 5.28. The minimum absolute atomic E-state index is 0.0983. The number of hydrogen-bond donors (Lipinski definition) is 0. The number of thiophene rings is 1. The third kappa shape index (κ3) is 5.43. The van der Waals surface area contributed by atoms with E-state index in [1.165, 1.54) is 0 Å². The Morgan fingerprint density at radius 2 is 0.891 bits per heavy atom. The van der Waals surface area contributed by atoms with Crippen LogP contribution in [0.1, 0.15) is 35.6 Å². The first-order chi connectivity index (χ1) is 42.6. The first-order valence-corrected chi connectivity index (χ1v) is 22.7. The van der Waals surface area contributed by atoms with Crippen LogP contribution in [0.5, 0.6) is 0 Å². The van der Waals surface area contributed by atoms with E-state index < -0.39 is 215 Å². The molecule has 2 nitrogen and oxygen atoms in total. The molecule has 4 heteroatoms. The Balaban J connectivity index is 1.25. The van der Waals surface area contributed by atoms with Gasteiger partial charge in [-0.25, -0.2) is 0 Å². The van der Waals surface area contributed by atoms with Crippen LogP contribution in [0.15, 0.2) is 242 Å². The molecule has 13 aromatic rings. The van der Waals surface area contributed by atoms with Crippen molar-refractivity contribution in [2.75, 3.05) is 0 Å². The minimum atomic E-state index is -4.27. The molecule has 0 aliphatic rings. The molecule has 13 rings (SSSR count). The van der Waals surface area contributed by atoms with E-state index in [1.807, 2.05) is 0 Å². The quantitative estimate of drug-likeness (QED) is 0.112. The van der Waals surface area contributed by atoms with E-state index in [9.17, 15) is 17.8 Å². The van der Waals surface area contributed by atoms with Gasteiger partial charge in [0.25, 0.3) is 0 Å². The van der Waals surface area contributed by atoms with Crippen molar-refractivity contribution in [1.82, 2.24) is 9.13 Å². The van der Waals surface area contributed by atoms with Gasteiger partial charge in [0.1, 0.15) is 0 Å². The second-order valence-corrected chi connectivity index (χ2v) is 19.6. The molecule has 64 heavy (non-hydrogen) atoms. The predicted octanol–water partition coefficient (Wildman–Crippen LogP) is 13.3. The van der Waals surface area contributed by atoms with Crippen molar-refractivity contribution >= 4 is 104 Å². The summed E-state index contributed by atoms with van der Waals surface area (Å²) in [4.78, 5) is 0. The summed E-state index contributed by atoms with van der Waals surface area (Å²) >= 11 is 0.649. The first-order valence-electron chi connectivity index (χ1n) is 32.9. The molecule has 0 saturated carbocycles. The molecule has 0 spiro atoms. The van der Waals surface area contributed by atoms with E-state index in [-0.39, 0.29) is 42.0 Å². The number of rotatable bonds is 7. The number of para-hydroxylation sites is 3. The Bertz CT molecular complexity index is 5260. The van der Waals surface area contributed by atoms with Crippen molar-refractivity contribution < 1.29 is 35.6 Å². The number of hydrogen-bond acceptors (Lipinski definition) is 1. The Morgan fingerprint density at radius 1 is 0.391 bits per heavy atom. The van der Waals surface area contributed by atoms with E-state index in [0.717, 1.165) is 9.13 Å². The lowest BCUT2D eigenvalue weighted by Crippen LogP contribution is -2.74. The molecule has 0 aliphatic heterocycles. The standard InChI is InChI=1S/C60H40N2SSi/c1-4-18-41(19-5-1)42-32-36-46(37-33-42)64(44-20-6-2-7-21-44,45-22-8-3-9-23-45)47-38-34-43(35-39-47)61-53-28-14-12-26-50(53)52-40-56(60-58(59(52)61)51-27-13-17-31-57(51)63-60)62-54-29-15-10-24-48(54)49-25-11-16-30-55(49)62/h1-40H/i1D,4D,5D,10D,11D,12D,13D,14D,15D,16D,17D,18D,19D,24D,25D,26D,27D,28D,29D,30D,31D,34D,35D,38D,39D,40D. The topological polar surface area (TPSA) is 9.86 Å². The number of benzene rings is 10. The lowest BCUT2D eigenvalue weighted by atomic mass is 10.1. The van der Waals surface area contributed by atoms with E-state index in [2.05, 4.69) is 0 Å². The smallest absolute Gasteiger partial charge is 0.179 e. The van der Waals surface area contributed by atoms with Gasteiger partial charge >= 0.3 is 0 Å². The summed E-state index contributed by atoms with van der Waals surface area (Å²) < 4.78 is 243. The predicted molar refractivity (Wildman–Crippen MR) is 277 cm³/mol. The third-order valence-electron chi connectivity index (χ3n) is 11.6. The molecule has 3 aromatic heterocycles. The average Bonchev–Trinajstić information content (AvgIpc) is 1.42. The summed E-state index contributed by atoms with van der Waals surface area (Å²) in [5.41, 5.74) is -2.82. The molecule has 10 aromatic carbocycles. The van der Waals surface area contributed by atoms with Gasteiger partial charge in [-0.2, -0.15) is 0 Å². The van der Waals surface area contributed by atoms with E-state index in [1.54, 1.807) is 84.9 Å². The second kappa shape index (κ2) is 14.7. The molecule has 0 fully saturated rings. The Labute approximate surface area is 412 Å². The molecular formula is C60H40N2SSi. The lowest BCUT2D eigenvalue weighted by Gasteiger charge is -2.34. The average molecular weight is 875 g/mol. The Kier molecular flexibility index (Phi) is 4.43. The van der Waals surface area contributed by atoms with Crippen LogP contribution in [-0.4, -0.2) is 17.2 Å². The van der Waals surface area contributed by atoms with Gasteiger partial charge in [0.2, 0.25) is 0 Å². The van der Waals surface area contributed by atoms with Gasteiger partial charge in [0.05, 0.1) is 68.1 Å². The van der Waals surface area contributed by atoms with Gasteiger partial charge in [-0.05, 0) is 74.2 Å². The molecule has 0 atom stereocenters. The maximum atomic E-state index is 10.6. The second-order valence-electron chi connectivity index (χ2n) is 14.8. The van der Waals surface area contributed by atoms with Crippen LogP contribution < -0.4 is 20.7 Å². The van der Waals surface area contributed by atoms with Crippen molar-refractivity contribution in [3.8, 4) is 22.5 Å². The van der Waals surface area contributed by atoms with Gasteiger partial charge in [0.15, 0.2) is 8.07 Å². The minimum Gasteiger partial charge on any atom is -0.309 e. The van der Waals surface area contributed by atoms with Crippen LogP contribution in [0, 0.1) is 0 Å². The van der Waals surface area contributed by atoms with Crippen molar-refractivity contribution in [2.24, 2.45) is 0 Å². The number of nitrogens with zero attached hydrogens (tertiary/aromatic N) is 2. The molecular weight excluding hydrogens is 809 g/mol. The number of aromatic nitrogens is 2. The summed E-state index contributed by atoms with van der Waals surface area (Å²) in [5.74, 6) is 0. The third-order valence-corrected chi connectivity index (χ3v) is 17.3. The van der Waals surface area contributed by atoms with Crippen molar-refractivity contribution in [1.29, 1.82) is 0 Å². The lowest BCUT2D eigenvalue weighted by molar-refractivity contribution is 1.18. The highest BCUT2D eigenvalue weighted by atomic mass is 32.1. The molecule has 0 aliphatic carbocycles. The first kappa shape index (κ1) is 19.3. The highest BCUT2D eigenvalue weighted by Gasteiger charge is 2.41. The van der Waals surface area contributed by atoms with E-state index >= 15 is 0 Å². The molecule has 0 unspecified atom stereocenters. The highest BCUT2D eigenvalue weighted by Crippen LogP contribution is 2.47. The van der Waals surface area contributed by atoms with Crippen molar-refractivity contribution in [3.05, 3.63) is 242 Å². The van der Waals surface area contributed by atoms with Crippen LogP contribution >= 0.6 is 11.3 Å². The number of fused-ring (bicyclic) bond motifs is 10. The Hall–Kier alpha value is -7.76. The van der Waals surface area contributed by atoms with Crippen molar-refractivity contribution in [2.45, 2.75) is 0 Å². The zero-order chi connectivity index (χ0) is 64.8. The zero-order valence-corrected chi connectivity index (χ0v) is 34.7. The summed E-state index contributed by atoms with van der Waals surface area (Å²) in [6.07, 6.45) is 0. The maximum Gasteiger partial charge on any atom is 0.179 e. The monoisotopic (exact) mass is 874 g/mol. The Morgan fingerprint density at radius 3 is 1.50 bits per heavy atom. The SMILES string of the molecule is [2H]c1c([2H])c([2H])c(-c2ccc([Si](c3ccccc3)(c3ccccc3)c3c([2H])c([2H])c(-n4c5c([2H])c([2H])c([2H])c([2H])c5c5c([2H])c(-n6c7c([2H])c([2H])c([2H])c([2H])c7c7c([2H])c([2H])c([2H])c([2H])c76)c6sc7c([2H])c([2H])c([2H])c([2H])c7c6c54)c([2H])c3[2H])cc2)c([2H])c1[2H]. The van der Waals surface area contributed by atoms with E-state index in [4.69, 9.17) is 17.8 Å². The molecule has 0 amide bonds. The normalized spacial score (nSPS) is 17.8. The van der Waals surface area contributed by atoms with Crippen LogP contribution in [-0.2, 0) is 0 Å². The fourth-order valence-electron chi connectivity index (χ4n) is 8.96. The fraction of sp³-hybridized carbons (Fsp3) is 0. The molecule has 300 valence electrons. The maximum absolute atomic E-state index is 10.6. The van der Waals surface area contributed by atoms with Gasteiger partial charge in [-0.3, -0.25) is 0 Å². The van der Waals surface area contributed by atoms with Crippen LogP contribution in [0.25, 0.3) is 86.3 Å². The molecule has 3 heterocycles. The van der Waals surface area contributed by atoms with Gasteiger partial charge in [-0.15, -0.1) is 11.3 Å². The summed E-state index contributed by atoms with van der Waals surface area (Å²) in [5, 5.41) is -0.902. The van der Waals surface area contributed by atoms with Crippen LogP contribution in [0.4, 0.5) is 0 Å². The highest BCUT2D eigenvalue weighted by molar-refractivity contribution is 7.26. The van der Waals surface area contributed by atoms with Gasteiger partial charge in [0, 0.05) is 42.7 Å². The molecule has 0 bridgehead atoms.